The second kappa shape index (κ2) is 16.3. The number of carbonyl (C=O) groups excluding carboxylic acids is 1. The number of fused-ring (bicyclic) bond motifs is 3. The zero-order valence-electron chi connectivity index (χ0n) is 31.9. The van der Waals surface area contributed by atoms with Crippen LogP contribution in [0.5, 0.6) is 0 Å². The van der Waals surface area contributed by atoms with Crippen molar-refractivity contribution in [3.05, 3.63) is 70.3 Å². The molecule has 4 heterocycles. The third kappa shape index (κ3) is 8.70. The van der Waals surface area contributed by atoms with Crippen molar-refractivity contribution in [3.63, 3.8) is 0 Å². The summed E-state index contributed by atoms with van der Waals surface area (Å²) in [6, 6.07) is 5.45. The number of piperazine rings is 1. The minimum atomic E-state index is -4.00. The third-order valence-corrected chi connectivity index (χ3v) is 15.5. The number of amides is 1. The van der Waals surface area contributed by atoms with Gasteiger partial charge in [-0.1, -0.05) is 55.0 Å². The van der Waals surface area contributed by atoms with Crippen LogP contribution in [0.15, 0.2) is 54.2 Å². The van der Waals surface area contributed by atoms with E-state index in [2.05, 4.69) is 31.6 Å². The number of allylic oxidation sites excluding steroid dienone is 1. The van der Waals surface area contributed by atoms with Gasteiger partial charge in [0.1, 0.15) is 5.60 Å². The maximum absolute atomic E-state index is 14.6. The predicted molar refractivity (Wildman–Crippen MR) is 207 cm³/mol. The Balaban J connectivity index is 1.22. The van der Waals surface area contributed by atoms with Crippen molar-refractivity contribution in [2.75, 3.05) is 52.9 Å². The molecule has 6 aliphatic rings. The van der Waals surface area contributed by atoms with Crippen LogP contribution < -0.4 is 4.72 Å². The first-order valence-electron chi connectivity index (χ1n) is 19.9. The lowest BCUT2D eigenvalue weighted by molar-refractivity contribution is -0.123. The molecule has 2 unspecified atom stereocenters. The maximum Gasteiger partial charge on any atom is 0.264 e. The van der Waals surface area contributed by atoms with E-state index in [0.717, 1.165) is 63.8 Å². The van der Waals surface area contributed by atoms with Crippen LogP contribution in [0.4, 0.5) is 8.78 Å². The number of nitrogens with zero attached hydrogens (tertiary/aromatic N) is 3. The highest BCUT2D eigenvalue weighted by molar-refractivity contribution is 7.90. The molecule has 4 aliphatic heterocycles. The predicted octanol–water partition coefficient (Wildman–Crippen LogP) is 5.99. The van der Waals surface area contributed by atoms with E-state index in [0.29, 0.717) is 43.3 Å². The van der Waals surface area contributed by atoms with Crippen LogP contribution in [0.1, 0.15) is 69.9 Å². The van der Waals surface area contributed by atoms with Crippen LogP contribution in [-0.2, 0) is 37.3 Å². The van der Waals surface area contributed by atoms with E-state index in [1.54, 1.807) is 20.1 Å². The zero-order valence-corrected chi connectivity index (χ0v) is 33.5. The Hall–Kier alpha value is -2.19. The van der Waals surface area contributed by atoms with Crippen LogP contribution in [0, 0.1) is 17.8 Å². The molecular formula is C41H57ClF2N4O5S. The molecule has 2 bridgehead atoms. The molecule has 1 aromatic carbocycles. The van der Waals surface area contributed by atoms with E-state index in [-0.39, 0.29) is 48.8 Å². The molecule has 0 spiro atoms. The first kappa shape index (κ1) is 40.0. The Morgan fingerprint density at radius 3 is 2.67 bits per heavy atom. The molecule has 0 aromatic heterocycles. The summed E-state index contributed by atoms with van der Waals surface area (Å²) in [4.78, 5) is 20.6. The molecule has 54 heavy (non-hydrogen) atoms. The number of hydrogen-bond acceptors (Lipinski definition) is 8. The van der Waals surface area contributed by atoms with E-state index in [9.17, 15) is 22.0 Å². The molecule has 3 fully saturated rings. The summed E-state index contributed by atoms with van der Waals surface area (Å²) in [5, 5.41) is -0.132. The van der Waals surface area contributed by atoms with Gasteiger partial charge in [-0.05, 0) is 93.0 Å². The monoisotopic (exact) mass is 790 g/mol. The zero-order chi connectivity index (χ0) is 38.3. The Morgan fingerprint density at radius 2 is 1.89 bits per heavy atom. The lowest BCUT2D eigenvalue weighted by atomic mass is 9.63. The Bertz CT molecular complexity index is 1740. The number of rotatable bonds is 3. The van der Waals surface area contributed by atoms with Gasteiger partial charge < -0.3 is 9.47 Å². The average Bonchev–Trinajstić information content (AvgIpc) is 3.14. The van der Waals surface area contributed by atoms with Crippen molar-refractivity contribution < 1.29 is 31.5 Å². The fraction of sp³-hybridized carbons (Fsp3) is 0.683. The van der Waals surface area contributed by atoms with E-state index in [1.165, 1.54) is 5.56 Å². The van der Waals surface area contributed by atoms with E-state index in [1.807, 2.05) is 37.3 Å². The van der Waals surface area contributed by atoms with Gasteiger partial charge in [0.05, 0.1) is 24.0 Å². The molecule has 1 saturated carbocycles. The van der Waals surface area contributed by atoms with Crippen LogP contribution in [0.2, 0.25) is 5.02 Å². The standard InChI is InChI=1S/C41H57ClF2N4O5S/c1-28-7-6-15-40(52-3,27-46-19-20-47-18-16-41(43,44)23-35(47)25-46)36-13-10-32(36)24-48-17-5-4-8-30-21-34(42)12-9-33(30)26-53-38-14-11-31(22-37(38)48)39(49)45-54(50,51)29(28)2/h6,9,11-12,14-15,21-22,28-29,32,35-38H,4-5,7-8,10,13,16-20,23-27H2,1-3H3,(H,45,49)/b15-6+/t28-,29+,32-,35-,36+,37?,38?,40+/m0/s1. The van der Waals surface area contributed by atoms with Gasteiger partial charge in [0.2, 0.25) is 10.0 Å². The molecule has 1 N–H and O–H groups in total. The van der Waals surface area contributed by atoms with Gasteiger partial charge >= 0.3 is 0 Å². The van der Waals surface area contributed by atoms with Gasteiger partial charge in [-0.3, -0.25) is 19.5 Å². The quantitative estimate of drug-likeness (QED) is 0.374. The van der Waals surface area contributed by atoms with Gasteiger partial charge in [-0.25, -0.2) is 21.9 Å². The maximum atomic E-state index is 14.6. The van der Waals surface area contributed by atoms with E-state index < -0.39 is 32.7 Å². The third-order valence-electron chi connectivity index (χ3n) is 13.4. The van der Waals surface area contributed by atoms with Crippen LogP contribution in [0.3, 0.4) is 0 Å². The lowest BCUT2D eigenvalue weighted by Crippen LogP contribution is -2.62. The number of halogens is 3. The Kier molecular flexibility index (Phi) is 12.1. The van der Waals surface area contributed by atoms with Gasteiger partial charge in [0, 0.05) is 75.9 Å². The van der Waals surface area contributed by atoms with Gasteiger partial charge in [-0.15, -0.1) is 0 Å². The normalized spacial score (nSPS) is 37.3. The summed E-state index contributed by atoms with van der Waals surface area (Å²) in [6.07, 6.45) is 14.3. The number of benzene rings is 1. The molecule has 8 atom stereocenters. The molecule has 13 heteroatoms. The van der Waals surface area contributed by atoms with Crippen LogP contribution >= 0.6 is 11.6 Å². The summed E-state index contributed by atoms with van der Waals surface area (Å²) in [6.45, 7) is 8.55. The topological polar surface area (TPSA) is 91.4 Å². The van der Waals surface area contributed by atoms with Gasteiger partial charge in [0.15, 0.2) is 0 Å². The lowest BCUT2D eigenvalue weighted by Gasteiger charge is -2.53. The highest BCUT2D eigenvalue weighted by Crippen LogP contribution is 2.46. The molecular weight excluding hydrogens is 734 g/mol. The number of nitrogens with one attached hydrogen (secondary N) is 1. The van der Waals surface area contributed by atoms with E-state index in [4.69, 9.17) is 21.1 Å². The Labute approximate surface area is 325 Å². The SMILES string of the molecule is CO[C@@]1(CN2CCN3CCC(F)(F)C[C@H]3C2)/C=C/C[C@H](C)[C@@H](C)S(=O)(=O)NC(=O)C2=CC3C(C=C2)OCc2ccc(Cl)cc2CCCCN3C[C@@H]2CC[C@H]21. The summed E-state index contributed by atoms with van der Waals surface area (Å²) in [7, 11) is -2.24. The Morgan fingerprint density at radius 1 is 1.06 bits per heavy atom. The van der Waals surface area contributed by atoms with Crippen molar-refractivity contribution in [1.82, 2.24) is 19.4 Å². The molecule has 2 aliphatic carbocycles. The minimum absolute atomic E-state index is 0.0782. The molecule has 0 radical (unpaired) electrons. The second-order valence-corrected chi connectivity index (χ2v) is 19.2. The molecule has 2 saturated heterocycles. The van der Waals surface area contributed by atoms with Crippen LogP contribution in [0.25, 0.3) is 0 Å². The number of alkyl halides is 2. The molecule has 7 rings (SSSR count). The van der Waals surface area contributed by atoms with E-state index >= 15 is 0 Å². The minimum Gasteiger partial charge on any atom is -0.373 e. The summed E-state index contributed by atoms with van der Waals surface area (Å²) in [5.74, 6) is -3.12. The molecule has 1 amide bonds. The van der Waals surface area contributed by atoms with Crippen molar-refractivity contribution in [2.24, 2.45) is 17.8 Å². The average molecular weight is 791 g/mol. The number of piperidine rings is 1. The van der Waals surface area contributed by atoms with Crippen molar-refractivity contribution in [2.45, 2.75) is 107 Å². The summed E-state index contributed by atoms with van der Waals surface area (Å²) < 4.78 is 72.0. The number of methoxy groups -OCH3 is 1. The highest BCUT2D eigenvalue weighted by atomic mass is 35.5. The van der Waals surface area contributed by atoms with Crippen LogP contribution in [-0.4, -0.2) is 117 Å². The number of ether oxygens (including phenoxy) is 2. The molecule has 298 valence electrons. The smallest absolute Gasteiger partial charge is 0.264 e. The molecule has 9 nitrogen and oxygen atoms in total. The number of aryl methyl sites for hydroxylation is 1. The van der Waals surface area contributed by atoms with Crippen molar-refractivity contribution in [3.8, 4) is 0 Å². The number of sulfonamides is 1. The largest absolute Gasteiger partial charge is 0.373 e. The number of carbonyl (C=O) groups is 1. The highest BCUT2D eigenvalue weighted by Gasteiger charge is 2.50. The first-order valence-corrected chi connectivity index (χ1v) is 21.8. The second-order valence-electron chi connectivity index (χ2n) is 16.7. The fourth-order valence-electron chi connectivity index (χ4n) is 9.67. The van der Waals surface area contributed by atoms with Crippen molar-refractivity contribution in [1.29, 1.82) is 0 Å². The van der Waals surface area contributed by atoms with Gasteiger partial charge in [0.25, 0.3) is 11.8 Å². The van der Waals surface area contributed by atoms with Crippen molar-refractivity contribution >= 4 is 27.5 Å². The van der Waals surface area contributed by atoms with Gasteiger partial charge in [-0.2, -0.15) is 0 Å². The fourth-order valence-corrected chi connectivity index (χ4v) is 11.2. The molecule has 1 aromatic rings. The summed E-state index contributed by atoms with van der Waals surface area (Å²) >= 11 is 6.40. The summed E-state index contributed by atoms with van der Waals surface area (Å²) in [5.41, 5.74) is 1.89. The first-order chi connectivity index (χ1) is 25.8. The number of hydrogen-bond donors (Lipinski definition) is 1.